The lowest BCUT2D eigenvalue weighted by atomic mass is 10.1. The summed E-state index contributed by atoms with van der Waals surface area (Å²) in [6.45, 7) is 2.77. The van der Waals surface area contributed by atoms with Gasteiger partial charge in [-0.3, -0.25) is 14.4 Å². The number of Topliss-reactive ketones (excluding diaryl/α,β-unsaturated/α-hetero) is 1. The minimum atomic E-state index is -0.451. The van der Waals surface area contributed by atoms with Gasteiger partial charge in [-0.25, -0.2) is 0 Å². The van der Waals surface area contributed by atoms with Crippen molar-refractivity contribution in [1.82, 2.24) is 0 Å². The number of ether oxygens (including phenoxy) is 2. The number of hydrogen-bond acceptors (Lipinski definition) is 5. The predicted molar refractivity (Wildman–Crippen MR) is 103 cm³/mol. The molecule has 7 nitrogen and oxygen atoms in total. The molecule has 1 fully saturated rings. The summed E-state index contributed by atoms with van der Waals surface area (Å²) in [6.07, 6.45) is 0.144. The molecular formula is C21H20N2O5. The van der Waals surface area contributed by atoms with Gasteiger partial charge in [0.25, 0.3) is 0 Å². The van der Waals surface area contributed by atoms with Crippen LogP contribution in [0, 0.1) is 5.92 Å². The van der Waals surface area contributed by atoms with Crippen molar-refractivity contribution in [3.05, 3.63) is 48.0 Å². The van der Waals surface area contributed by atoms with E-state index in [9.17, 15) is 14.4 Å². The molecule has 0 aromatic heterocycles. The Morgan fingerprint density at radius 3 is 2.46 bits per heavy atom. The summed E-state index contributed by atoms with van der Waals surface area (Å²) >= 11 is 0. The van der Waals surface area contributed by atoms with Gasteiger partial charge < -0.3 is 19.7 Å². The molecule has 28 heavy (non-hydrogen) atoms. The first-order chi connectivity index (χ1) is 13.5. The third kappa shape index (κ3) is 3.55. The van der Waals surface area contributed by atoms with E-state index in [1.54, 1.807) is 47.4 Å². The molecule has 0 bridgehead atoms. The van der Waals surface area contributed by atoms with Crippen LogP contribution in [0.25, 0.3) is 0 Å². The van der Waals surface area contributed by atoms with Crippen LogP contribution < -0.4 is 19.7 Å². The first-order valence-corrected chi connectivity index (χ1v) is 9.13. The lowest BCUT2D eigenvalue weighted by Gasteiger charge is -2.19. The zero-order valence-electron chi connectivity index (χ0n) is 15.4. The van der Waals surface area contributed by atoms with Crippen molar-refractivity contribution in [2.45, 2.75) is 13.3 Å². The average molecular weight is 380 g/mol. The molecule has 0 aliphatic carbocycles. The molecule has 1 saturated heterocycles. The quantitative estimate of drug-likeness (QED) is 0.825. The average Bonchev–Trinajstić information content (AvgIpc) is 3.10. The molecule has 1 N–H and O–H groups in total. The van der Waals surface area contributed by atoms with Crippen LogP contribution in [-0.4, -0.2) is 37.4 Å². The first-order valence-electron chi connectivity index (χ1n) is 9.13. The number of carbonyl (C=O) groups is 3. The highest BCUT2D eigenvalue weighted by molar-refractivity contribution is 6.04. The van der Waals surface area contributed by atoms with Crippen molar-refractivity contribution in [1.29, 1.82) is 0 Å². The number of anilines is 2. The molecule has 7 heteroatoms. The SMILES string of the molecule is CC(=O)c1ccc(N2CC(C(=O)Nc3ccc4c(c3)OCCO4)CC2=O)cc1. The molecule has 2 aliphatic rings. The molecule has 0 spiro atoms. The zero-order chi connectivity index (χ0) is 19.7. The highest BCUT2D eigenvalue weighted by Crippen LogP contribution is 2.33. The molecule has 1 unspecified atom stereocenters. The van der Waals surface area contributed by atoms with Crippen LogP contribution in [0.15, 0.2) is 42.5 Å². The minimum absolute atomic E-state index is 0.0315. The van der Waals surface area contributed by atoms with E-state index in [1.807, 2.05) is 0 Å². The number of nitrogens with one attached hydrogen (secondary N) is 1. The van der Waals surface area contributed by atoms with Crippen LogP contribution in [0.3, 0.4) is 0 Å². The Bertz CT molecular complexity index is 938. The number of carbonyl (C=O) groups excluding carboxylic acids is 3. The van der Waals surface area contributed by atoms with Crippen molar-refractivity contribution in [3.63, 3.8) is 0 Å². The molecule has 0 radical (unpaired) electrons. The Morgan fingerprint density at radius 1 is 1.04 bits per heavy atom. The summed E-state index contributed by atoms with van der Waals surface area (Å²) in [5.74, 6) is 0.439. The maximum atomic E-state index is 12.6. The Labute approximate surface area is 162 Å². The summed E-state index contributed by atoms with van der Waals surface area (Å²) in [6, 6.07) is 12.1. The fourth-order valence-electron chi connectivity index (χ4n) is 3.37. The fraction of sp³-hybridized carbons (Fsp3) is 0.286. The van der Waals surface area contributed by atoms with Gasteiger partial charge in [0.2, 0.25) is 11.8 Å². The van der Waals surface area contributed by atoms with Gasteiger partial charge in [0.1, 0.15) is 13.2 Å². The Balaban J connectivity index is 1.43. The topological polar surface area (TPSA) is 84.9 Å². The third-order valence-corrected chi connectivity index (χ3v) is 4.89. The van der Waals surface area contributed by atoms with Gasteiger partial charge in [0.15, 0.2) is 17.3 Å². The van der Waals surface area contributed by atoms with Crippen molar-refractivity contribution in [2.24, 2.45) is 5.92 Å². The largest absolute Gasteiger partial charge is 0.486 e. The van der Waals surface area contributed by atoms with Crippen molar-refractivity contribution >= 4 is 29.0 Å². The van der Waals surface area contributed by atoms with Gasteiger partial charge >= 0.3 is 0 Å². The maximum Gasteiger partial charge on any atom is 0.229 e. The molecule has 2 amide bonds. The van der Waals surface area contributed by atoms with E-state index in [2.05, 4.69) is 5.32 Å². The van der Waals surface area contributed by atoms with Crippen LogP contribution in [0.5, 0.6) is 11.5 Å². The van der Waals surface area contributed by atoms with E-state index in [4.69, 9.17) is 9.47 Å². The fourth-order valence-corrected chi connectivity index (χ4v) is 3.37. The number of benzene rings is 2. The normalized spacial score (nSPS) is 18.1. The Hall–Kier alpha value is -3.35. The van der Waals surface area contributed by atoms with Crippen LogP contribution in [0.4, 0.5) is 11.4 Å². The number of amides is 2. The van der Waals surface area contributed by atoms with E-state index in [1.165, 1.54) is 6.92 Å². The van der Waals surface area contributed by atoms with Crippen molar-refractivity contribution in [3.8, 4) is 11.5 Å². The van der Waals surface area contributed by atoms with Crippen LogP contribution in [0.1, 0.15) is 23.7 Å². The number of fused-ring (bicyclic) bond motifs is 1. The van der Waals surface area contributed by atoms with Crippen molar-refractivity contribution in [2.75, 3.05) is 30.0 Å². The van der Waals surface area contributed by atoms with Crippen molar-refractivity contribution < 1.29 is 23.9 Å². The lowest BCUT2D eigenvalue weighted by molar-refractivity contribution is -0.122. The molecule has 2 aromatic rings. The molecule has 2 aromatic carbocycles. The third-order valence-electron chi connectivity index (χ3n) is 4.89. The molecule has 144 valence electrons. The lowest BCUT2D eigenvalue weighted by Crippen LogP contribution is -2.28. The summed E-state index contributed by atoms with van der Waals surface area (Å²) in [7, 11) is 0. The van der Waals surface area contributed by atoms with Gasteiger partial charge in [0, 0.05) is 36.0 Å². The van der Waals surface area contributed by atoms with Crippen LogP contribution >= 0.6 is 0 Å². The standard InChI is InChI=1S/C21H20N2O5/c1-13(24)14-2-5-17(6-3-14)23-12-15(10-20(23)25)21(26)22-16-4-7-18-19(11-16)28-9-8-27-18/h2-7,11,15H,8-10,12H2,1H3,(H,22,26). The second-order valence-electron chi connectivity index (χ2n) is 6.86. The molecule has 2 aliphatic heterocycles. The minimum Gasteiger partial charge on any atom is -0.486 e. The van der Waals surface area contributed by atoms with E-state index in [-0.39, 0.29) is 24.0 Å². The molecule has 2 heterocycles. The zero-order valence-corrected chi connectivity index (χ0v) is 15.4. The molecule has 1 atom stereocenters. The molecule has 0 saturated carbocycles. The molecular weight excluding hydrogens is 360 g/mol. The summed E-state index contributed by atoms with van der Waals surface area (Å²) in [4.78, 5) is 38.0. The monoisotopic (exact) mass is 380 g/mol. The number of ketones is 1. The summed E-state index contributed by atoms with van der Waals surface area (Å²) in [5, 5.41) is 2.85. The van der Waals surface area contributed by atoms with E-state index in [0.717, 1.165) is 0 Å². The maximum absolute atomic E-state index is 12.6. The smallest absolute Gasteiger partial charge is 0.229 e. The number of hydrogen-bond donors (Lipinski definition) is 1. The van der Waals surface area contributed by atoms with E-state index < -0.39 is 5.92 Å². The van der Waals surface area contributed by atoms with Gasteiger partial charge in [0.05, 0.1) is 5.92 Å². The van der Waals surface area contributed by atoms with Crippen LogP contribution in [0.2, 0.25) is 0 Å². The highest BCUT2D eigenvalue weighted by Gasteiger charge is 2.35. The summed E-state index contributed by atoms with van der Waals surface area (Å²) < 4.78 is 11.0. The van der Waals surface area contributed by atoms with Gasteiger partial charge in [-0.05, 0) is 43.3 Å². The molecule has 4 rings (SSSR count). The predicted octanol–water partition coefficient (Wildman–Crippen LogP) is 2.65. The number of rotatable bonds is 4. The summed E-state index contributed by atoms with van der Waals surface area (Å²) in [5.41, 5.74) is 1.87. The van der Waals surface area contributed by atoms with E-state index in [0.29, 0.717) is 48.2 Å². The van der Waals surface area contributed by atoms with Crippen LogP contribution in [-0.2, 0) is 9.59 Å². The van der Waals surface area contributed by atoms with Gasteiger partial charge in [-0.1, -0.05) is 0 Å². The second-order valence-corrected chi connectivity index (χ2v) is 6.86. The second kappa shape index (κ2) is 7.34. The van der Waals surface area contributed by atoms with Gasteiger partial charge in [-0.15, -0.1) is 0 Å². The Morgan fingerprint density at radius 2 is 1.75 bits per heavy atom. The Kier molecular flexibility index (Phi) is 4.73. The first kappa shape index (κ1) is 18.0. The van der Waals surface area contributed by atoms with E-state index >= 15 is 0 Å². The highest BCUT2D eigenvalue weighted by atomic mass is 16.6. The van der Waals surface area contributed by atoms with Gasteiger partial charge in [-0.2, -0.15) is 0 Å². The number of nitrogens with zero attached hydrogens (tertiary/aromatic N) is 1.